The SMILES string of the molecule is CCc1ccc(C(=O)C(C(=O)O)c2nc3cc(C)ccc3oc2=O)cc1. The minimum absolute atomic E-state index is 0.208. The van der Waals surface area contributed by atoms with Gasteiger partial charge in [0.05, 0.1) is 0 Å². The van der Waals surface area contributed by atoms with Crippen molar-refractivity contribution < 1.29 is 19.1 Å². The van der Waals surface area contributed by atoms with Crippen molar-refractivity contribution in [3.05, 3.63) is 75.3 Å². The third-order valence-corrected chi connectivity index (χ3v) is 4.20. The molecule has 0 spiro atoms. The molecule has 1 atom stereocenters. The molecule has 0 aliphatic heterocycles. The summed E-state index contributed by atoms with van der Waals surface area (Å²) in [5, 5.41) is 9.57. The van der Waals surface area contributed by atoms with Gasteiger partial charge >= 0.3 is 11.6 Å². The lowest BCUT2D eigenvalue weighted by atomic mass is 9.94. The first-order valence-corrected chi connectivity index (χ1v) is 8.18. The van der Waals surface area contributed by atoms with Crippen LogP contribution in [0.3, 0.4) is 0 Å². The maximum atomic E-state index is 12.7. The van der Waals surface area contributed by atoms with Gasteiger partial charge < -0.3 is 9.52 Å². The molecule has 3 rings (SSSR count). The van der Waals surface area contributed by atoms with Gasteiger partial charge in [-0.05, 0) is 36.6 Å². The molecule has 1 unspecified atom stereocenters. The molecule has 1 N–H and O–H groups in total. The number of rotatable bonds is 5. The first kappa shape index (κ1) is 17.5. The van der Waals surface area contributed by atoms with E-state index in [0.717, 1.165) is 17.5 Å². The molecule has 3 aromatic rings. The molecule has 0 aliphatic carbocycles. The van der Waals surface area contributed by atoms with E-state index in [9.17, 15) is 19.5 Å². The van der Waals surface area contributed by atoms with Gasteiger partial charge in [0.2, 0.25) is 0 Å². The molecule has 1 aromatic heterocycles. The van der Waals surface area contributed by atoms with E-state index in [1.54, 1.807) is 42.5 Å². The zero-order chi connectivity index (χ0) is 18.8. The molecule has 0 aliphatic rings. The van der Waals surface area contributed by atoms with Gasteiger partial charge in [-0.25, -0.2) is 9.78 Å². The largest absolute Gasteiger partial charge is 0.480 e. The Morgan fingerprint density at radius 2 is 1.85 bits per heavy atom. The number of aliphatic carboxylic acids is 1. The van der Waals surface area contributed by atoms with Gasteiger partial charge in [-0.1, -0.05) is 37.3 Å². The smallest absolute Gasteiger partial charge is 0.359 e. The maximum absolute atomic E-state index is 12.7. The van der Waals surface area contributed by atoms with Gasteiger partial charge in [-0.15, -0.1) is 0 Å². The van der Waals surface area contributed by atoms with Crippen LogP contribution in [0.4, 0.5) is 0 Å². The number of hydrogen-bond donors (Lipinski definition) is 1. The molecule has 6 nitrogen and oxygen atoms in total. The molecule has 0 bridgehead atoms. The van der Waals surface area contributed by atoms with Crippen LogP contribution in [-0.2, 0) is 11.2 Å². The Morgan fingerprint density at radius 1 is 1.15 bits per heavy atom. The average Bonchev–Trinajstić information content (AvgIpc) is 2.62. The van der Waals surface area contributed by atoms with E-state index >= 15 is 0 Å². The lowest BCUT2D eigenvalue weighted by molar-refractivity contribution is -0.137. The number of carbonyl (C=O) groups excluding carboxylic acids is 1. The van der Waals surface area contributed by atoms with Crippen molar-refractivity contribution in [2.24, 2.45) is 0 Å². The number of Topliss-reactive ketones (excluding diaryl/α,β-unsaturated/α-hetero) is 1. The van der Waals surface area contributed by atoms with Gasteiger partial charge in [0.1, 0.15) is 11.2 Å². The van der Waals surface area contributed by atoms with Crippen LogP contribution in [0, 0.1) is 6.92 Å². The summed E-state index contributed by atoms with van der Waals surface area (Å²) in [7, 11) is 0. The van der Waals surface area contributed by atoms with Crippen molar-refractivity contribution in [2.45, 2.75) is 26.2 Å². The molecule has 6 heteroatoms. The topological polar surface area (TPSA) is 97.5 Å². The zero-order valence-corrected chi connectivity index (χ0v) is 14.4. The Morgan fingerprint density at radius 3 is 2.46 bits per heavy atom. The van der Waals surface area contributed by atoms with E-state index in [1.165, 1.54) is 0 Å². The van der Waals surface area contributed by atoms with Crippen molar-refractivity contribution in [2.75, 3.05) is 0 Å². The van der Waals surface area contributed by atoms with E-state index in [-0.39, 0.29) is 11.1 Å². The average molecular weight is 351 g/mol. The van der Waals surface area contributed by atoms with Gasteiger partial charge in [-0.2, -0.15) is 0 Å². The summed E-state index contributed by atoms with van der Waals surface area (Å²) in [4.78, 5) is 40.9. The van der Waals surface area contributed by atoms with Gasteiger partial charge in [0.25, 0.3) is 0 Å². The minimum Gasteiger partial charge on any atom is -0.480 e. The fourth-order valence-corrected chi connectivity index (χ4v) is 2.74. The van der Waals surface area contributed by atoms with Crippen molar-refractivity contribution in [1.29, 1.82) is 0 Å². The second-order valence-electron chi connectivity index (χ2n) is 6.04. The third kappa shape index (κ3) is 3.26. The van der Waals surface area contributed by atoms with Crippen LogP contribution in [0.1, 0.15) is 40.0 Å². The Balaban J connectivity index is 2.11. The number of carbonyl (C=O) groups is 2. The minimum atomic E-state index is -1.72. The number of fused-ring (bicyclic) bond motifs is 1. The van der Waals surface area contributed by atoms with Gasteiger partial charge in [-0.3, -0.25) is 9.59 Å². The van der Waals surface area contributed by atoms with Crippen molar-refractivity contribution in [1.82, 2.24) is 4.98 Å². The summed E-state index contributed by atoms with van der Waals surface area (Å²) >= 11 is 0. The third-order valence-electron chi connectivity index (χ3n) is 4.20. The highest BCUT2D eigenvalue weighted by molar-refractivity contribution is 6.12. The molecular formula is C20H17NO5. The molecule has 0 radical (unpaired) electrons. The number of aromatic nitrogens is 1. The van der Waals surface area contributed by atoms with Crippen LogP contribution in [-0.4, -0.2) is 21.8 Å². The lowest BCUT2D eigenvalue weighted by Gasteiger charge is -2.11. The monoisotopic (exact) mass is 351 g/mol. The van der Waals surface area contributed by atoms with Crippen LogP contribution < -0.4 is 5.63 Å². The van der Waals surface area contributed by atoms with Gasteiger partial charge in [0.15, 0.2) is 17.3 Å². The zero-order valence-electron chi connectivity index (χ0n) is 14.4. The fourth-order valence-electron chi connectivity index (χ4n) is 2.74. The molecule has 0 amide bonds. The first-order valence-electron chi connectivity index (χ1n) is 8.18. The molecule has 0 fully saturated rings. The van der Waals surface area contributed by atoms with Crippen LogP contribution in [0.25, 0.3) is 11.1 Å². The number of benzene rings is 2. The summed E-state index contributed by atoms with van der Waals surface area (Å²) in [5.74, 6) is -3.86. The van der Waals surface area contributed by atoms with Gasteiger partial charge in [0, 0.05) is 5.56 Å². The van der Waals surface area contributed by atoms with Crippen molar-refractivity contribution in [3.8, 4) is 0 Å². The molecule has 26 heavy (non-hydrogen) atoms. The molecule has 0 saturated carbocycles. The highest BCUT2D eigenvalue weighted by atomic mass is 16.4. The standard InChI is InChI=1S/C20H17NO5/c1-3-12-5-7-13(8-6-12)18(22)16(19(23)24)17-20(25)26-15-9-4-11(2)10-14(15)21-17/h4-10,16H,3H2,1-2H3,(H,23,24). The van der Waals surface area contributed by atoms with E-state index in [0.29, 0.717) is 5.52 Å². The number of ketones is 1. The predicted molar refractivity (Wildman–Crippen MR) is 95.5 cm³/mol. The highest BCUT2D eigenvalue weighted by Crippen LogP contribution is 2.21. The lowest BCUT2D eigenvalue weighted by Crippen LogP contribution is -2.28. The van der Waals surface area contributed by atoms with Crippen molar-refractivity contribution in [3.63, 3.8) is 0 Å². The van der Waals surface area contributed by atoms with Crippen LogP contribution in [0.5, 0.6) is 0 Å². The van der Waals surface area contributed by atoms with Crippen molar-refractivity contribution >= 4 is 22.9 Å². The van der Waals surface area contributed by atoms with E-state index in [1.807, 2.05) is 13.8 Å². The van der Waals surface area contributed by atoms with E-state index in [4.69, 9.17) is 4.42 Å². The summed E-state index contributed by atoms with van der Waals surface area (Å²) in [5.41, 5.74) is 1.34. The fraction of sp³-hybridized carbons (Fsp3) is 0.200. The number of hydrogen-bond acceptors (Lipinski definition) is 5. The quantitative estimate of drug-likeness (QED) is 0.560. The molecule has 1 heterocycles. The number of aryl methyl sites for hydroxylation is 2. The van der Waals surface area contributed by atoms with Crippen LogP contribution in [0.15, 0.2) is 51.7 Å². The molecule has 2 aromatic carbocycles. The summed E-state index contributed by atoms with van der Waals surface area (Å²) in [6.07, 6.45) is 0.798. The highest BCUT2D eigenvalue weighted by Gasteiger charge is 2.34. The second-order valence-corrected chi connectivity index (χ2v) is 6.04. The van der Waals surface area contributed by atoms with Crippen LogP contribution >= 0.6 is 0 Å². The van der Waals surface area contributed by atoms with Crippen LogP contribution in [0.2, 0.25) is 0 Å². The summed E-state index contributed by atoms with van der Waals surface area (Å²) in [6, 6.07) is 11.6. The molecule has 132 valence electrons. The predicted octanol–water partition coefficient (Wildman–Crippen LogP) is 3.11. The second kappa shape index (κ2) is 6.92. The molecular weight excluding hydrogens is 334 g/mol. The Labute approximate surface area is 149 Å². The number of carboxylic acid groups (broad SMARTS) is 1. The number of nitrogens with zero attached hydrogens (tertiary/aromatic N) is 1. The Hall–Kier alpha value is -3.28. The summed E-state index contributed by atoms with van der Waals surface area (Å²) < 4.78 is 5.17. The van der Waals surface area contributed by atoms with E-state index < -0.39 is 29.0 Å². The maximum Gasteiger partial charge on any atom is 0.359 e. The Kier molecular flexibility index (Phi) is 4.67. The molecule has 0 saturated heterocycles. The number of carboxylic acids is 1. The Bertz CT molecular complexity index is 1050. The summed E-state index contributed by atoms with van der Waals surface area (Å²) in [6.45, 7) is 3.81. The normalized spacial score (nSPS) is 12.1. The van der Waals surface area contributed by atoms with E-state index in [2.05, 4.69) is 4.98 Å². The first-order chi connectivity index (χ1) is 12.4.